The molecule has 3 N–H and O–H groups in total. The zero-order valence-corrected chi connectivity index (χ0v) is 12.0. The second kappa shape index (κ2) is 6.34. The average Bonchev–Trinajstić information content (AvgIpc) is 2.62. The van der Waals surface area contributed by atoms with Crippen LogP contribution in [0.25, 0.3) is 0 Å². The minimum Gasteiger partial charge on any atom is -0.293 e. The molecule has 1 heterocycles. The van der Waals surface area contributed by atoms with Gasteiger partial charge in [-0.3, -0.25) is 15.1 Å². The van der Waals surface area contributed by atoms with Gasteiger partial charge in [0.2, 0.25) is 0 Å². The molecule has 1 aromatic carbocycles. The van der Waals surface area contributed by atoms with Crippen molar-refractivity contribution in [1.29, 1.82) is 0 Å². The summed E-state index contributed by atoms with van der Waals surface area (Å²) in [6, 6.07) is 8.71. The molecule has 1 fully saturated rings. The summed E-state index contributed by atoms with van der Waals surface area (Å²) < 4.78 is 23.3. The summed E-state index contributed by atoms with van der Waals surface area (Å²) in [4.78, 5) is 13.9. The number of hydrogen-bond donors (Lipinski definition) is 2. The highest BCUT2D eigenvalue weighted by Crippen LogP contribution is 2.22. The van der Waals surface area contributed by atoms with E-state index in [2.05, 4.69) is 5.43 Å². The number of amides is 1. The van der Waals surface area contributed by atoms with Crippen molar-refractivity contribution in [3.05, 3.63) is 35.9 Å². The summed E-state index contributed by atoms with van der Waals surface area (Å²) in [6.45, 7) is 0.904. The Hall–Kier alpha value is -1.44. The zero-order chi connectivity index (χ0) is 14.6. The highest BCUT2D eigenvalue weighted by atomic mass is 32.2. The molecule has 1 aliphatic rings. The fourth-order valence-electron chi connectivity index (χ4n) is 2.46. The van der Waals surface area contributed by atoms with Crippen LogP contribution in [0.1, 0.15) is 18.0 Å². The molecule has 1 unspecified atom stereocenters. The lowest BCUT2D eigenvalue weighted by Gasteiger charge is -2.28. The number of nitrogens with two attached hydrogens (primary N) is 1. The smallest absolute Gasteiger partial charge is 0.255 e. The number of nitrogens with zero attached hydrogens (tertiary/aromatic N) is 1. The van der Waals surface area contributed by atoms with Crippen molar-refractivity contribution in [2.45, 2.75) is 12.5 Å². The topological polar surface area (TPSA) is 92.5 Å². The number of hydrazine groups is 1. The number of nitrogens with one attached hydrogen (secondary N) is 1. The van der Waals surface area contributed by atoms with Crippen LogP contribution in [-0.2, 0) is 14.6 Å². The quantitative estimate of drug-likeness (QED) is 0.459. The Morgan fingerprint density at radius 2 is 1.90 bits per heavy atom. The first kappa shape index (κ1) is 15.0. The van der Waals surface area contributed by atoms with Crippen LogP contribution in [-0.4, -0.2) is 43.8 Å². The molecule has 0 bridgehead atoms. The molecule has 0 spiro atoms. The molecule has 0 radical (unpaired) electrons. The second-order valence-corrected chi connectivity index (χ2v) is 7.17. The molecule has 1 amide bonds. The molecule has 1 aliphatic heterocycles. The maximum Gasteiger partial charge on any atom is 0.255 e. The lowest BCUT2D eigenvalue weighted by molar-refractivity contribution is -0.126. The molecule has 0 aliphatic carbocycles. The van der Waals surface area contributed by atoms with Crippen LogP contribution in [0.2, 0.25) is 0 Å². The van der Waals surface area contributed by atoms with Crippen LogP contribution in [0.4, 0.5) is 0 Å². The van der Waals surface area contributed by atoms with E-state index in [-0.39, 0.29) is 17.4 Å². The van der Waals surface area contributed by atoms with E-state index >= 15 is 0 Å². The highest BCUT2D eigenvalue weighted by molar-refractivity contribution is 7.91. The molecule has 7 heteroatoms. The number of rotatable bonds is 3. The fourth-order valence-corrected chi connectivity index (χ4v) is 3.74. The van der Waals surface area contributed by atoms with Gasteiger partial charge >= 0.3 is 0 Å². The average molecular weight is 297 g/mol. The molecule has 1 aromatic rings. The first-order chi connectivity index (χ1) is 9.53. The summed E-state index contributed by atoms with van der Waals surface area (Å²) in [7, 11) is -3.00. The Morgan fingerprint density at radius 3 is 2.55 bits per heavy atom. The van der Waals surface area contributed by atoms with Crippen LogP contribution in [0.5, 0.6) is 0 Å². The molecule has 2 rings (SSSR count). The lowest BCUT2D eigenvalue weighted by Crippen LogP contribution is -2.44. The molecule has 0 saturated carbocycles. The van der Waals surface area contributed by atoms with Gasteiger partial charge in [-0.1, -0.05) is 30.3 Å². The van der Waals surface area contributed by atoms with Crippen molar-refractivity contribution in [1.82, 2.24) is 10.3 Å². The van der Waals surface area contributed by atoms with Gasteiger partial charge in [-0.05, 0) is 12.0 Å². The summed E-state index contributed by atoms with van der Waals surface area (Å²) in [6.07, 6.45) is 0.531. The van der Waals surface area contributed by atoms with E-state index in [0.29, 0.717) is 19.5 Å². The van der Waals surface area contributed by atoms with Gasteiger partial charge in [0.25, 0.3) is 5.91 Å². The minimum atomic E-state index is -3.00. The summed E-state index contributed by atoms with van der Waals surface area (Å²) in [5.41, 5.74) is 2.99. The van der Waals surface area contributed by atoms with Crippen molar-refractivity contribution >= 4 is 15.7 Å². The molecule has 1 atom stereocenters. The molecular weight excluding hydrogens is 278 g/mol. The van der Waals surface area contributed by atoms with Crippen LogP contribution >= 0.6 is 0 Å². The highest BCUT2D eigenvalue weighted by Gasteiger charge is 2.30. The van der Waals surface area contributed by atoms with Crippen molar-refractivity contribution in [3.8, 4) is 0 Å². The van der Waals surface area contributed by atoms with Crippen LogP contribution < -0.4 is 11.3 Å². The van der Waals surface area contributed by atoms with E-state index in [1.807, 2.05) is 35.2 Å². The molecular formula is C13H19N3O3S. The Bertz CT molecular complexity index is 559. The monoisotopic (exact) mass is 297 g/mol. The standard InChI is InChI=1S/C13H19N3O3S/c14-15-13(17)12(11-5-2-1-3-6-11)16-7-4-9-20(18,19)10-8-16/h1-3,5-6,12H,4,7-10,14H2,(H,15,17). The maximum atomic E-state index is 12.1. The molecule has 6 nitrogen and oxygen atoms in total. The van der Waals surface area contributed by atoms with E-state index in [4.69, 9.17) is 5.84 Å². The number of carbonyl (C=O) groups is 1. The van der Waals surface area contributed by atoms with E-state index in [9.17, 15) is 13.2 Å². The van der Waals surface area contributed by atoms with E-state index < -0.39 is 15.9 Å². The third kappa shape index (κ3) is 3.56. The molecule has 0 aromatic heterocycles. The van der Waals surface area contributed by atoms with E-state index in [1.165, 1.54) is 0 Å². The third-order valence-corrected chi connectivity index (χ3v) is 5.18. The summed E-state index contributed by atoms with van der Waals surface area (Å²) in [5, 5.41) is 0. The van der Waals surface area contributed by atoms with Gasteiger partial charge < -0.3 is 0 Å². The van der Waals surface area contributed by atoms with Crippen LogP contribution in [0.3, 0.4) is 0 Å². The molecule has 20 heavy (non-hydrogen) atoms. The normalized spacial score (nSPS) is 20.9. The fraction of sp³-hybridized carbons (Fsp3) is 0.462. The van der Waals surface area contributed by atoms with Crippen molar-refractivity contribution < 1.29 is 13.2 Å². The number of benzene rings is 1. The predicted molar refractivity (Wildman–Crippen MR) is 76.4 cm³/mol. The Kier molecular flexibility index (Phi) is 4.74. The first-order valence-corrected chi connectivity index (χ1v) is 8.35. The van der Waals surface area contributed by atoms with Crippen LogP contribution in [0, 0.1) is 0 Å². The van der Waals surface area contributed by atoms with Gasteiger partial charge in [0, 0.05) is 13.1 Å². The number of sulfone groups is 1. The van der Waals surface area contributed by atoms with E-state index in [1.54, 1.807) is 0 Å². The Morgan fingerprint density at radius 1 is 1.20 bits per heavy atom. The predicted octanol–water partition coefficient (Wildman–Crippen LogP) is -0.162. The maximum absolute atomic E-state index is 12.1. The largest absolute Gasteiger partial charge is 0.293 e. The third-order valence-electron chi connectivity index (χ3n) is 3.46. The minimum absolute atomic E-state index is 0.0776. The molecule has 110 valence electrons. The van der Waals surface area contributed by atoms with Gasteiger partial charge in [0.15, 0.2) is 9.84 Å². The van der Waals surface area contributed by atoms with Gasteiger partial charge in [0.1, 0.15) is 6.04 Å². The SMILES string of the molecule is NNC(=O)C(c1ccccc1)N1CCCS(=O)(=O)CC1. The second-order valence-electron chi connectivity index (χ2n) is 4.86. The number of carbonyl (C=O) groups excluding carboxylic acids is 1. The zero-order valence-electron chi connectivity index (χ0n) is 11.2. The van der Waals surface area contributed by atoms with Gasteiger partial charge in [-0.15, -0.1) is 0 Å². The lowest BCUT2D eigenvalue weighted by atomic mass is 10.0. The summed E-state index contributed by atoms with van der Waals surface area (Å²) >= 11 is 0. The van der Waals surface area contributed by atoms with Crippen LogP contribution in [0.15, 0.2) is 30.3 Å². The summed E-state index contributed by atoms with van der Waals surface area (Å²) in [5.74, 6) is 5.19. The number of hydrogen-bond acceptors (Lipinski definition) is 5. The van der Waals surface area contributed by atoms with Gasteiger partial charge in [-0.2, -0.15) is 0 Å². The molecule has 1 saturated heterocycles. The van der Waals surface area contributed by atoms with Crippen molar-refractivity contribution in [3.63, 3.8) is 0 Å². The van der Waals surface area contributed by atoms with Gasteiger partial charge in [0.05, 0.1) is 11.5 Å². The first-order valence-electron chi connectivity index (χ1n) is 6.53. The van der Waals surface area contributed by atoms with Crippen molar-refractivity contribution in [2.24, 2.45) is 5.84 Å². The Balaban J connectivity index is 2.26. The van der Waals surface area contributed by atoms with Crippen molar-refractivity contribution in [2.75, 3.05) is 24.6 Å². The van der Waals surface area contributed by atoms with E-state index in [0.717, 1.165) is 5.56 Å². The Labute approximate surface area is 118 Å². The van der Waals surface area contributed by atoms with Gasteiger partial charge in [-0.25, -0.2) is 14.3 Å².